The molecule has 0 spiro atoms. The summed E-state index contributed by atoms with van der Waals surface area (Å²) in [6, 6.07) is 8.82. The molecular formula is C14H15N5O. The molecule has 0 saturated heterocycles. The second-order valence-electron chi connectivity index (χ2n) is 4.72. The van der Waals surface area contributed by atoms with Gasteiger partial charge in [0.25, 0.3) is 0 Å². The summed E-state index contributed by atoms with van der Waals surface area (Å²) in [5.41, 5.74) is 20.7. The Morgan fingerprint density at radius 1 is 1.25 bits per heavy atom. The van der Waals surface area contributed by atoms with E-state index in [2.05, 4.69) is 5.32 Å². The van der Waals surface area contributed by atoms with E-state index < -0.39 is 6.03 Å². The van der Waals surface area contributed by atoms with Gasteiger partial charge in [0.2, 0.25) is 0 Å². The van der Waals surface area contributed by atoms with Crippen molar-refractivity contribution >= 4 is 44.9 Å². The maximum Gasteiger partial charge on any atom is 0.316 e. The Kier molecular flexibility index (Phi) is 2.47. The molecule has 0 aliphatic rings. The van der Waals surface area contributed by atoms with Crippen molar-refractivity contribution in [2.24, 2.45) is 12.8 Å². The van der Waals surface area contributed by atoms with Gasteiger partial charge < -0.3 is 27.1 Å². The summed E-state index contributed by atoms with van der Waals surface area (Å²) in [5, 5.41) is 4.32. The third kappa shape index (κ3) is 1.55. The molecule has 20 heavy (non-hydrogen) atoms. The van der Waals surface area contributed by atoms with Crippen molar-refractivity contribution in [3.05, 3.63) is 30.3 Å². The highest BCUT2D eigenvalue weighted by Crippen LogP contribution is 2.39. The minimum atomic E-state index is -0.671. The van der Waals surface area contributed by atoms with Crippen molar-refractivity contribution in [1.29, 1.82) is 0 Å². The molecule has 0 aliphatic heterocycles. The maximum atomic E-state index is 11.0. The highest BCUT2D eigenvalue weighted by Gasteiger charge is 2.16. The van der Waals surface area contributed by atoms with Gasteiger partial charge in [-0.3, -0.25) is 0 Å². The molecule has 6 nitrogen and oxygen atoms in total. The van der Waals surface area contributed by atoms with E-state index >= 15 is 0 Å². The van der Waals surface area contributed by atoms with Crippen molar-refractivity contribution < 1.29 is 4.79 Å². The van der Waals surface area contributed by atoms with E-state index in [0.717, 1.165) is 21.8 Å². The summed E-state index contributed by atoms with van der Waals surface area (Å²) in [6.07, 6.45) is 0. The molecule has 3 rings (SSSR count). The molecule has 0 radical (unpaired) electrons. The number of hydrogen-bond donors (Lipinski definition) is 4. The lowest BCUT2D eigenvalue weighted by Crippen LogP contribution is -2.20. The summed E-state index contributed by atoms with van der Waals surface area (Å²) in [5.74, 6) is 0. The molecule has 0 atom stereocenters. The van der Waals surface area contributed by atoms with Gasteiger partial charge in [0, 0.05) is 23.3 Å². The Morgan fingerprint density at radius 2 is 1.95 bits per heavy atom. The fourth-order valence-electron chi connectivity index (χ4n) is 2.68. The van der Waals surface area contributed by atoms with E-state index in [1.54, 1.807) is 6.07 Å². The molecule has 0 bridgehead atoms. The van der Waals surface area contributed by atoms with Gasteiger partial charge in [-0.2, -0.15) is 0 Å². The normalized spacial score (nSPS) is 11.1. The molecule has 7 N–H and O–H groups in total. The van der Waals surface area contributed by atoms with E-state index in [0.29, 0.717) is 17.1 Å². The molecule has 3 aromatic rings. The maximum absolute atomic E-state index is 11.0. The van der Waals surface area contributed by atoms with E-state index in [1.807, 2.05) is 35.9 Å². The second kappa shape index (κ2) is 4.06. The number of nitrogens with zero attached hydrogens (tertiary/aromatic N) is 1. The number of benzene rings is 2. The third-order valence-electron chi connectivity index (χ3n) is 3.50. The Hall–Kier alpha value is -2.89. The van der Waals surface area contributed by atoms with Crippen molar-refractivity contribution in [3.63, 3.8) is 0 Å². The number of fused-ring (bicyclic) bond motifs is 3. The van der Waals surface area contributed by atoms with E-state index in [9.17, 15) is 4.79 Å². The number of primary amides is 1. The van der Waals surface area contributed by atoms with Crippen molar-refractivity contribution in [3.8, 4) is 0 Å². The highest BCUT2D eigenvalue weighted by molar-refractivity contribution is 6.20. The Bertz CT molecular complexity index is 850. The number of nitrogen functional groups attached to an aromatic ring is 2. The molecule has 6 heteroatoms. The van der Waals surface area contributed by atoms with Gasteiger partial charge in [-0.1, -0.05) is 18.2 Å². The first-order chi connectivity index (χ1) is 9.50. The Balaban J connectivity index is 2.49. The van der Waals surface area contributed by atoms with Gasteiger partial charge in [-0.25, -0.2) is 4.79 Å². The number of nitrogens with two attached hydrogens (primary N) is 3. The fraction of sp³-hybridized carbons (Fsp3) is 0.0714. The first kappa shape index (κ1) is 12.2. The van der Waals surface area contributed by atoms with Crippen LogP contribution in [0.15, 0.2) is 30.3 Å². The first-order valence-corrected chi connectivity index (χ1v) is 6.12. The molecule has 102 valence electrons. The smallest absolute Gasteiger partial charge is 0.316 e. The standard InChI is InChI=1S/C14H15N5O/c1-19-10-5-3-2-4-7(10)11-12(16)9(18-14(17)20)6-8(15)13(11)19/h2-6H,15-16H2,1H3,(H3,17,18,20). The Labute approximate surface area is 115 Å². The predicted molar refractivity (Wildman–Crippen MR) is 82.5 cm³/mol. The van der Waals surface area contributed by atoms with Crippen LogP contribution in [0, 0.1) is 0 Å². The zero-order valence-electron chi connectivity index (χ0n) is 11.0. The van der Waals surface area contributed by atoms with Gasteiger partial charge in [-0.05, 0) is 12.1 Å². The van der Waals surface area contributed by atoms with Crippen LogP contribution < -0.4 is 22.5 Å². The molecule has 0 fully saturated rings. The monoisotopic (exact) mass is 269 g/mol. The van der Waals surface area contributed by atoms with Crippen molar-refractivity contribution in [1.82, 2.24) is 4.57 Å². The van der Waals surface area contributed by atoms with E-state index in [1.165, 1.54) is 0 Å². The summed E-state index contributed by atoms with van der Waals surface area (Å²) in [4.78, 5) is 11.0. The number of carbonyl (C=O) groups excluding carboxylic acids is 1. The van der Waals surface area contributed by atoms with Crippen LogP contribution in [-0.4, -0.2) is 10.6 Å². The largest absolute Gasteiger partial charge is 0.397 e. The minimum Gasteiger partial charge on any atom is -0.397 e. The Morgan fingerprint density at radius 3 is 2.65 bits per heavy atom. The molecule has 0 aliphatic carbocycles. The summed E-state index contributed by atoms with van der Waals surface area (Å²) in [7, 11) is 1.93. The summed E-state index contributed by atoms with van der Waals surface area (Å²) >= 11 is 0. The number of aryl methyl sites for hydroxylation is 1. The number of hydrogen-bond acceptors (Lipinski definition) is 3. The van der Waals surface area contributed by atoms with Crippen LogP contribution in [0.25, 0.3) is 21.8 Å². The number of urea groups is 1. The van der Waals surface area contributed by atoms with Gasteiger partial charge in [0.15, 0.2) is 0 Å². The summed E-state index contributed by atoms with van der Waals surface area (Å²) < 4.78 is 1.99. The van der Waals surface area contributed by atoms with Crippen molar-refractivity contribution in [2.75, 3.05) is 16.8 Å². The minimum absolute atomic E-state index is 0.429. The second-order valence-corrected chi connectivity index (χ2v) is 4.72. The topological polar surface area (TPSA) is 112 Å². The highest BCUT2D eigenvalue weighted by atomic mass is 16.2. The molecule has 2 aromatic carbocycles. The van der Waals surface area contributed by atoms with Crippen LogP contribution in [0.1, 0.15) is 0 Å². The SMILES string of the molecule is Cn1c2ccccc2c2c(N)c(NC(N)=O)cc(N)c21. The van der Waals surface area contributed by atoms with Gasteiger partial charge >= 0.3 is 6.03 Å². The number of rotatable bonds is 1. The molecule has 1 heterocycles. The lowest BCUT2D eigenvalue weighted by Gasteiger charge is -2.10. The molecule has 1 aromatic heterocycles. The average molecular weight is 269 g/mol. The van der Waals surface area contributed by atoms with E-state index in [4.69, 9.17) is 17.2 Å². The fourth-order valence-corrected chi connectivity index (χ4v) is 2.68. The quantitative estimate of drug-likeness (QED) is 0.507. The summed E-state index contributed by atoms with van der Waals surface area (Å²) in [6.45, 7) is 0. The average Bonchev–Trinajstić information content (AvgIpc) is 2.70. The number of amides is 2. The predicted octanol–water partition coefficient (Wildman–Crippen LogP) is 1.99. The van der Waals surface area contributed by atoms with Crippen LogP contribution in [0.3, 0.4) is 0 Å². The van der Waals surface area contributed by atoms with Gasteiger partial charge in [0.1, 0.15) is 0 Å². The lowest BCUT2D eigenvalue weighted by molar-refractivity contribution is 0.259. The zero-order valence-corrected chi connectivity index (χ0v) is 11.0. The van der Waals surface area contributed by atoms with E-state index in [-0.39, 0.29) is 0 Å². The van der Waals surface area contributed by atoms with Crippen LogP contribution in [0.4, 0.5) is 21.9 Å². The molecular weight excluding hydrogens is 254 g/mol. The molecule has 0 unspecified atom stereocenters. The van der Waals surface area contributed by atoms with Gasteiger partial charge in [0.05, 0.1) is 22.6 Å². The van der Waals surface area contributed by atoms with Gasteiger partial charge in [-0.15, -0.1) is 0 Å². The lowest BCUT2D eigenvalue weighted by atomic mass is 10.1. The van der Waals surface area contributed by atoms with Crippen LogP contribution >= 0.6 is 0 Å². The molecule has 2 amide bonds. The number of para-hydroxylation sites is 1. The number of anilines is 3. The number of aromatic nitrogens is 1. The van der Waals surface area contributed by atoms with Crippen LogP contribution in [-0.2, 0) is 7.05 Å². The number of nitrogens with one attached hydrogen (secondary N) is 1. The first-order valence-electron chi connectivity index (χ1n) is 6.12. The van der Waals surface area contributed by atoms with Crippen LogP contribution in [0.5, 0.6) is 0 Å². The molecule has 0 saturated carbocycles. The number of carbonyl (C=O) groups is 1. The third-order valence-corrected chi connectivity index (χ3v) is 3.50. The van der Waals surface area contributed by atoms with Crippen molar-refractivity contribution in [2.45, 2.75) is 0 Å². The zero-order chi connectivity index (χ0) is 14.4. The van der Waals surface area contributed by atoms with Crippen LogP contribution in [0.2, 0.25) is 0 Å².